The van der Waals surface area contributed by atoms with Gasteiger partial charge in [-0.1, -0.05) is 34.8 Å². The van der Waals surface area contributed by atoms with E-state index in [1.54, 1.807) is 0 Å². The van der Waals surface area contributed by atoms with Crippen LogP contribution in [0.25, 0.3) is 0 Å². The van der Waals surface area contributed by atoms with E-state index in [0.717, 1.165) is 6.20 Å². The Morgan fingerprint density at radius 1 is 1.35 bits per heavy atom. The smallest absolute Gasteiger partial charge is 0.325 e. The van der Waals surface area contributed by atoms with Gasteiger partial charge in [0.25, 0.3) is 5.91 Å². The number of carboxylic acid groups (broad SMARTS) is 1. The molecule has 2 N–H and O–H groups in total. The van der Waals surface area contributed by atoms with Gasteiger partial charge in [0.1, 0.15) is 11.7 Å². The summed E-state index contributed by atoms with van der Waals surface area (Å²) in [6.45, 7) is 1.31. The molecule has 0 spiro atoms. The number of carbonyl (C=O) groups is 2. The predicted octanol–water partition coefficient (Wildman–Crippen LogP) is 2.24. The van der Waals surface area contributed by atoms with Crippen LogP contribution in [0.1, 0.15) is 17.4 Å². The molecule has 0 radical (unpaired) electrons. The Kier molecular flexibility index (Phi) is 4.56. The van der Waals surface area contributed by atoms with Crippen molar-refractivity contribution in [2.75, 3.05) is 0 Å². The first-order chi connectivity index (χ1) is 7.84. The zero-order chi connectivity index (χ0) is 13.2. The standard InChI is InChI=1S/C9H7Cl3N2O3/c1-3(9(16)17)14-8(15)7-6(12)5(11)4(10)2-13-7/h2-3H,1H3,(H,14,15)(H,16,17)/t3-/m0/s1. The maximum atomic E-state index is 11.6. The van der Waals surface area contributed by atoms with E-state index >= 15 is 0 Å². The quantitative estimate of drug-likeness (QED) is 0.897. The Labute approximate surface area is 112 Å². The van der Waals surface area contributed by atoms with Crippen LogP contribution in [0.2, 0.25) is 15.1 Å². The van der Waals surface area contributed by atoms with Crippen molar-refractivity contribution in [2.45, 2.75) is 13.0 Å². The summed E-state index contributed by atoms with van der Waals surface area (Å²) in [5.41, 5.74) is -0.172. The molecule has 1 atom stereocenters. The Morgan fingerprint density at radius 2 is 1.94 bits per heavy atom. The zero-order valence-corrected chi connectivity index (χ0v) is 10.8. The normalized spacial score (nSPS) is 12.0. The molecule has 0 bridgehead atoms. The molecular weight excluding hydrogens is 290 g/mol. The molecule has 1 heterocycles. The van der Waals surface area contributed by atoms with Crippen LogP contribution < -0.4 is 5.32 Å². The molecule has 0 saturated carbocycles. The van der Waals surface area contributed by atoms with Gasteiger partial charge < -0.3 is 10.4 Å². The van der Waals surface area contributed by atoms with Gasteiger partial charge in [-0.05, 0) is 6.92 Å². The molecule has 0 aliphatic carbocycles. The van der Waals surface area contributed by atoms with Crippen molar-refractivity contribution in [3.63, 3.8) is 0 Å². The van der Waals surface area contributed by atoms with Crippen LogP contribution in [-0.2, 0) is 4.79 Å². The summed E-state index contributed by atoms with van der Waals surface area (Å²) < 4.78 is 0. The van der Waals surface area contributed by atoms with Gasteiger partial charge in [-0.15, -0.1) is 0 Å². The number of hydrogen-bond acceptors (Lipinski definition) is 3. The van der Waals surface area contributed by atoms with Crippen LogP contribution in [0.3, 0.4) is 0 Å². The number of halogens is 3. The molecule has 1 rings (SSSR count). The van der Waals surface area contributed by atoms with Crippen LogP contribution in [0.15, 0.2) is 6.20 Å². The number of carboxylic acids is 1. The molecule has 1 aromatic heterocycles. The summed E-state index contributed by atoms with van der Waals surface area (Å²) in [4.78, 5) is 25.9. The van der Waals surface area contributed by atoms with E-state index in [1.807, 2.05) is 0 Å². The van der Waals surface area contributed by atoms with Gasteiger partial charge in [0, 0.05) is 6.20 Å². The van der Waals surface area contributed by atoms with Crippen LogP contribution in [0.5, 0.6) is 0 Å². The molecule has 5 nitrogen and oxygen atoms in total. The Bertz CT molecular complexity index is 479. The first-order valence-corrected chi connectivity index (χ1v) is 5.51. The van der Waals surface area contributed by atoms with Crippen molar-refractivity contribution in [1.29, 1.82) is 0 Å². The Morgan fingerprint density at radius 3 is 2.47 bits per heavy atom. The lowest BCUT2D eigenvalue weighted by Crippen LogP contribution is -2.38. The van der Waals surface area contributed by atoms with Crippen molar-refractivity contribution >= 4 is 46.7 Å². The SMILES string of the molecule is C[C@H](NC(=O)c1ncc(Cl)c(Cl)c1Cl)C(=O)O. The first kappa shape index (κ1) is 14.0. The van der Waals surface area contributed by atoms with Crippen LogP contribution in [0.4, 0.5) is 0 Å². The summed E-state index contributed by atoms with van der Waals surface area (Å²) >= 11 is 17.1. The average Bonchev–Trinajstić information content (AvgIpc) is 2.25. The van der Waals surface area contributed by atoms with E-state index in [-0.39, 0.29) is 20.8 Å². The minimum atomic E-state index is -1.17. The third kappa shape index (κ3) is 3.21. The second-order valence-corrected chi connectivity index (χ2v) is 4.28. The fraction of sp³-hybridized carbons (Fsp3) is 0.222. The average molecular weight is 298 g/mol. The Hall–Kier alpha value is -1.04. The molecule has 0 aromatic carbocycles. The number of aromatic nitrogens is 1. The number of aliphatic carboxylic acids is 1. The van der Waals surface area contributed by atoms with E-state index in [0.29, 0.717) is 0 Å². The number of rotatable bonds is 3. The zero-order valence-electron chi connectivity index (χ0n) is 8.50. The second-order valence-electron chi connectivity index (χ2n) is 3.12. The highest BCUT2D eigenvalue weighted by Crippen LogP contribution is 2.30. The van der Waals surface area contributed by atoms with Crippen molar-refractivity contribution < 1.29 is 14.7 Å². The van der Waals surface area contributed by atoms with Gasteiger partial charge in [-0.2, -0.15) is 0 Å². The van der Waals surface area contributed by atoms with E-state index in [4.69, 9.17) is 39.9 Å². The predicted molar refractivity (Wildman–Crippen MR) is 63.8 cm³/mol. The van der Waals surface area contributed by atoms with E-state index < -0.39 is 17.9 Å². The van der Waals surface area contributed by atoms with Gasteiger partial charge in [-0.3, -0.25) is 9.59 Å². The number of amides is 1. The summed E-state index contributed by atoms with van der Waals surface area (Å²) in [7, 11) is 0. The number of pyridine rings is 1. The van der Waals surface area contributed by atoms with Gasteiger partial charge in [0.2, 0.25) is 0 Å². The van der Waals surface area contributed by atoms with Gasteiger partial charge in [0.05, 0.1) is 15.1 Å². The number of hydrogen-bond donors (Lipinski definition) is 2. The van der Waals surface area contributed by atoms with E-state index in [2.05, 4.69) is 10.3 Å². The molecular formula is C9H7Cl3N2O3. The number of nitrogens with one attached hydrogen (secondary N) is 1. The molecule has 1 amide bonds. The largest absolute Gasteiger partial charge is 0.480 e. The van der Waals surface area contributed by atoms with Crippen LogP contribution in [-0.4, -0.2) is 28.0 Å². The molecule has 0 aliphatic heterocycles. The monoisotopic (exact) mass is 296 g/mol. The second kappa shape index (κ2) is 5.53. The third-order valence-electron chi connectivity index (χ3n) is 1.85. The number of nitrogens with zero attached hydrogens (tertiary/aromatic N) is 1. The van der Waals surface area contributed by atoms with E-state index in [1.165, 1.54) is 6.92 Å². The third-order valence-corrected chi connectivity index (χ3v) is 3.09. The molecule has 92 valence electrons. The van der Waals surface area contributed by atoms with Gasteiger partial charge in [-0.25, -0.2) is 4.98 Å². The van der Waals surface area contributed by atoms with Crippen molar-refractivity contribution in [3.05, 3.63) is 27.0 Å². The lowest BCUT2D eigenvalue weighted by molar-refractivity contribution is -0.138. The first-order valence-electron chi connectivity index (χ1n) is 4.37. The molecule has 0 fully saturated rings. The lowest BCUT2D eigenvalue weighted by atomic mass is 10.3. The summed E-state index contributed by atoms with van der Waals surface area (Å²) in [6.07, 6.45) is 1.16. The molecule has 8 heteroatoms. The Balaban J connectivity index is 2.98. The molecule has 0 aliphatic rings. The highest BCUT2D eigenvalue weighted by molar-refractivity contribution is 6.48. The summed E-state index contributed by atoms with van der Waals surface area (Å²) in [6, 6.07) is -1.06. The molecule has 1 aromatic rings. The minimum Gasteiger partial charge on any atom is -0.480 e. The maximum absolute atomic E-state index is 11.6. The highest BCUT2D eigenvalue weighted by atomic mass is 35.5. The molecule has 0 saturated heterocycles. The van der Waals surface area contributed by atoms with E-state index in [9.17, 15) is 9.59 Å². The van der Waals surface area contributed by atoms with Crippen molar-refractivity contribution in [2.24, 2.45) is 0 Å². The topological polar surface area (TPSA) is 79.3 Å². The lowest BCUT2D eigenvalue weighted by Gasteiger charge is -2.10. The maximum Gasteiger partial charge on any atom is 0.325 e. The highest BCUT2D eigenvalue weighted by Gasteiger charge is 2.20. The fourth-order valence-corrected chi connectivity index (χ4v) is 1.49. The van der Waals surface area contributed by atoms with Gasteiger partial charge >= 0.3 is 5.97 Å². The fourth-order valence-electron chi connectivity index (χ4n) is 0.928. The molecule has 0 unspecified atom stereocenters. The molecule has 17 heavy (non-hydrogen) atoms. The van der Waals surface area contributed by atoms with Crippen LogP contribution in [0, 0.1) is 0 Å². The van der Waals surface area contributed by atoms with Crippen LogP contribution >= 0.6 is 34.8 Å². The summed E-state index contributed by atoms with van der Waals surface area (Å²) in [5, 5.41) is 10.8. The van der Waals surface area contributed by atoms with Gasteiger partial charge in [0.15, 0.2) is 0 Å². The number of carbonyl (C=O) groups excluding carboxylic acids is 1. The van der Waals surface area contributed by atoms with Crippen molar-refractivity contribution in [3.8, 4) is 0 Å². The van der Waals surface area contributed by atoms with Crippen molar-refractivity contribution in [1.82, 2.24) is 10.3 Å². The minimum absolute atomic E-state index is 0.00328. The summed E-state index contributed by atoms with van der Waals surface area (Å²) in [5.74, 6) is -1.90.